The number of likely N-dealkylation sites (N-methyl/N-ethyl adjacent to an activating group) is 1. The molecule has 0 radical (unpaired) electrons. The highest BCUT2D eigenvalue weighted by molar-refractivity contribution is 6.01. The van der Waals surface area contributed by atoms with Crippen molar-refractivity contribution in [1.29, 1.82) is 0 Å². The molecule has 0 spiro atoms. The monoisotopic (exact) mass is 354 g/mol. The molecule has 0 saturated heterocycles. The summed E-state index contributed by atoms with van der Waals surface area (Å²) in [5, 5.41) is 2.90. The van der Waals surface area contributed by atoms with Gasteiger partial charge in [0, 0.05) is 18.3 Å². The van der Waals surface area contributed by atoms with Crippen molar-refractivity contribution in [3.05, 3.63) is 72.1 Å². The Balaban J connectivity index is 1.65. The molecule has 1 N–H and O–H groups in total. The summed E-state index contributed by atoms with van der Waals surface area (Å²) in [5.41, 5.74) is 1.87. The summed E-state index contributed by atoms with van der Waals surface area (Å²) in [6, 6.07) is 10.8. The van der Waals surface area contributed by atoms with Gasteiger partial charge in [0.15, 0.2) is 0 Å². The molecule has 6 heteroatoms. The van der Waals surface area contributed by atoms with Gasteiger partial charge in [0.2, 0.25) is 5.91 Å². The average Bonchev–Trinajstić information content (AvgIpc) is 2.66. The lowest BCUT2D eigenvalue weighted by atomic mass is 10.0. The topological polar surface area (TPSA) is 58.6 Å². The molecule has 1 atom stereocenters. The lowest BCUT2D eigenvalue weighted by molar-refractivity contribution is -0.113. The lowest BCUT2D eigenvalue weighted by Crippen LogP contribution is -2.42. The number of carbonyl (C=O) groups excluding carboxylic acids is 2. The van der Waals surface area contributed by atoms with Crippen LogP contribution in [0.5, 0.6) is 5.75 Å². The van der Waals surface area contributed by atoms with Crippen molar-refractivity contribution in [3.63, 3.8) is 0 Å². The Morgan fingerprint density at radius 1 is 1.27 bits per heavy atom. The molecule has 0 fully saturated rings. The van der Waals surface area contributed by atoms with Gasteiger partial charge in [-0.3, -0.25) is 9.59 Å². The van der Waals surface area contributed by atoms with Gasteiger partial charge in [-0.25, -0.2) is 4.39 Å². The van der Waals surface area contributed by atoms with Crippen LogP contribution >= 0.6 is 0 Å². The number of hydrogen-bond donors (Lipinski definition) is 1. The Hall–Kier alpha value is -3.15. The van der Waals surface area contributed by atoms with Crippen LogP contribution in [0.1, 0.15) is 15.9 Å². The average molecular weight is 354 g/mol. The van der Waals surface area contributed by atoms with Crippen LogP contribution in [0.3, 0.4) is 0 Å². The maximum Gasteiger partial charge on any atom is 0.251 e. The number of fused-ring (bicyclic) bond motifs is 1. The number of amides is 2. The van der Waals surface area contributed by atoms with Crippen molar-refractivity contribution in [3.8, 4) is 5.75 Å². The van der Waals surface area contributed by atoms with Crippen LogP contribution in [-0.4, -0.2) is 31.5 Å². The first-order chi connectivity index (χ1) is 12.5. The number of carbonyl (C=O) groups is 2. The number of nitrogens with one attached hydrogen (secondary N) is 1. The zero-order valence-electron chi connectivity index (χ0n) is 14.4. The van der Waals surface area contributed by atoms with Gasteiger partial charge in [0.25, 0.3) is 5.91 Å². The molecule has 2 aromatic rings. The molecule has 1 aliphatic heterocycles. The van der Waals surface area contributed by atoms with Crippen molar-refractivity contribution >= 4 is 17.5 Å². The lowest BCUT2D eigenvalue weighted by Gasteiger charge is -2.26. The number of hydrogen-bond acceptors (Lipinski definition) is 3. The number of rotatable bonds is 4. The molecule has 134 valence electrons. The van der Waals surface area contributed by atoms with E-state index in [0.717, 1.165) is 5.56 Å². The van der Waals surface area contributed by atoms with E-state index in [-0.39, 0.29) is 23.7 Å². The SMILES string of the molecule is C=CC(=O)N(C)c1ccc(C(=O)NC2COc3ccc(F)cc3C2)cc1. The van der Waals surface area contributed by atoms with Gasteiger partial charge in [0.1, 0.15) is 18.2 Å². The van der Waals surface area contributed by atoms with Gasteiger partial charge in [-0.15, -0.1) is 0 Å². The van der Waals surface area contributed by atoms with Crippen molar-refractivity contribution in [2.45, 2.75) is 12.5 Å². The highest BCUT2D eigenvalue weighted by atomic mass is 19.1. The highest BCUT2D eigenvalue weighted by Gasteiger charge is 2.22. The summed E-state index contributed by atoms with van der Waals surface area (Å²) in [6.07, 6.45) is 1.73. The third kappa shape index (κ3) is 3.74. The minimum absolute atomic E-state index is 0.229. The number of benzene rings is 2. The van der Waals surface area contributed by atoms with Gasteiger partial charge in [-0.1, -0.05) is 6.58 Å². The van der Waals surface area contributed by atoms with E-state index in [2.05, 4.69) is 11.9 Å². The maximum atomic E-state index is 13.4. The standard InChI is InChI=1S/C20H19FN2O3/c1-3-19(24)23(2)17-7-4-13(5-8-17)20(25)22-16-11-14-10-15(21)6-9-18(14)26-12-16/h3-10,16H,1,11-12H2,2H3,(H,22,25). The summed E-state index contributed by atoms with van der Waals surface area (Å²) in [4.78, 5) is 25.5. The van der Waals surface area contributed by atoms with Crippen molar-refractivity contribution < 1.29 is 18.7 Å². The summed E-state index contributed by atoms with van der Waals surface area (Å²) < 4.78 is 18.9. The first-order valence-corrected chi connectivity index (χ1v) is 8.20. The van der Waals surface area contributed by atoms with E-state index in [1.807, 2.05) is 0 Å². The van der Waals surface area contributed by atoms with E-state index in [1.54, 1.807) is 37.4 Å². The van der Waals surface area contributed by atoms with Gasteiger partial charge in [0.05, 0.1) is 6.04 Å². The van der Waals surface area contributed by atoms with E-state index in [0.29, 0.717) is 30.0 Å². The molecule has 3 rings (SSSR count). The second-order valence-corrected chi connectivity index (χ2v) is 6.09. The Kier molecular flexibility index (Phi) is 5.02. The summed E-state index contributed by atoms with van der Waals surface area (Å²) in [5.74, 6) is -0.153. The van der Waals surface area contributed by atoms with Crippen molar-refractivity contribution in [2.75, 3.05) is 18.6 Å². The molecule has 2 aromatic carbocycles. The normalized spacial score (nSPS) is 15.4. The van der Waals surface area contributed by atoms with Crippen LogP contribution in [-0.2, 0) is 11.2 Å². The first-order valence-electron chi connectivity index (χ1n) is 8.20. The zero-order valence-corrected chi connectivity index (χ0v) is 14.4. The maximum absolute atomic E-state index is 13.4. The van der Waals surface area contributed by atoms with E-state index >= 15 is 0 Å². The highest BCUT2D eigenvalue weighted by Crippen LogP contribution is 2.25. The van der Waals surface area contributed by atoms with Crippen LogP contribution in [0.2, 0.25) is 0 Å². The van der Waals surface area contributed by atoms with E-state index in [1.165, 1.54) is 23.1 Å². The minimum atomic E-state index is -0.326. The Bertz CT molecular complexity index is 849. The summed E-state index contributed by atoms with van der Waals surface area (Å²) >= 11 is 0. The Morgan fingerprint density at radius 2 is 2.00 bits per heavy atom. The smallest absolute Gasteiger partial charge is 0.251 e. The molecule has 0 aliphatic carbocycles. The Morgan fingerprint density at radius 3 is 2.69 bits per heavy atom. The molecule has 0 aromatic heterocycles. The molecule has 0 bridgehead atoms. The van der Waals surface area contributed by atoms with Gasteiger partial charge >= 0.3 is 0 Å². The number of nitrogens with zero attached hydrogens (tertiary/aromatic N) is 1. The molecule has 5 nitrogen and oxygen atoms in total. The van der Waals surface area contributed by atoms with Crippen LogP contribution in [0.25, 0.3) is 0 Å². The fourth-order valence-corrected chi connectivity index (χ4v) is 2.83. The predicted molar refractivity (Wildman–Crippen MR) is 96.9 cm³/mol. The fourth-order valence-electron chi connectivity index (χ4n) is 2.83. The van der Waals surface area contributed by atoms with Crippen molar-refractivity contribution in [1.82, 2.24) is 5.32 Å². The second-order valence-electron chi connectivity index (χ2n) is 6.09. The Labute approximate surface area is 151 Å². The number of ether oxygens (including phenoxy) is 1. The van der Waals surface area contributed by atoms with Crippen LogP contribution in [0, 0.1) is 5.82 Å². The van der Waals surface area contributed by atoms with Gasteiger partial charge < -0.3 is 15.0 Å². The van der Waals surface area contributed by atoms with Crippen LogP contribution in [0.15, 0.2) is 55.1 Å². The van der Waals surface area contributed by atoms with Crippen molar-refractivity contribution in [2.24, 2.45) is 0 Å². The van der Waals surface area contributed by atoms with Gasteiger partial charge in [-0.05, 0) is 60.5 Å². The number of halogens is 1. The predicted octanol–water partition coefficient (Wildman–Crippen LogP) is 2.71. The molecular formula is C20H19FN2O3. The first kappa shape index (κ1) is 17.7. The largest absolute Gasteiger partial charge is 0.491 e. The van der Waals surface area contributed by atoms with E-state index < -0.39 is 0 Å². The van der Waals surface area contributed by atoms with E-state index in [9.17, 15) is 14.0 Å². The van der Waals surface area contributed by atoms with E-state index in [4.69, 9.17) is 4.74 Å². The van der Waals surface area contributed by atoms with Crippen LogP contribution in [0.4, 0.5) is 10.1 Å². The summed E-state index contributed by atoms with van der Waals surface area (Å²) in [6.45, 7) is 3.78. The molecule has 1 unspecified atom stereocenters. The zero-order chi connectivity index (χ0) is 18.7. The third-order valence-corrected chi connectivity index (χ3v) is 4.29. The summed E-state index contributed by atoms with van der Waals surface area (Å²) in [7, 11) is 1.63. The molecule has 1 aliphatic rings. The molecular weight excluding hydrogens is 335 g/mol. The fraction of sp³-hybridized carbons (Fsp3) is 0.200. The van der Waals surface area contributed by atoms with Crippen LogP contribution < -0.4 is 15.0 Å². The third-order valence-electron chi connectivity index (χ3n) is 4.29. The molecule has 0 saturated carbocycles. The molecule has 26 heavy (non-hydrogen) atoms. The molecule has 1 heterocycles. The second kappa shape index (κ2) is 7.39. The van der Waals surface area contributed by atoms with Gasteiger partial charge in [-0.2, -0.15) is 0 Å². The quantitative estimate of drug-likeness (QED) is 0.859. The number of anilines is 1. The molecule has 2 amide bonds. The minimum Gasteiger partial charge on any atom is -0.491 e.